The van der Waals surface area contributed by atoms with E-state index in [1.165, 1.54) is 11.8 Å². The van der Waals surface area contributed by atoms with Crippen molar-refractivity contribution in [3.05, 3.63) is 44.7 Å². The molecule has 2 rings (SSSR count). The summed E-state index contributed by atoms with van der Waals surface area (Å²) < 4.78 is 6.20. The topological polar surface area (TPSA) is 64.4 Å². The van der Waals surface area contributed by atoms with Gasteiger partial charge < -0.3 is 9.84 Å². The van der Waals surface area contributed by atoms with Gasteiger partial charge in [-0.2, -0.15) is 5.10 Å². The maximum atomic E-state index is 11.2. The maximum absolute atomic E-state index is 11.2. The van der Waals surface area contributed by atoms with Crippen molar-refractivity contribution in [3.8, 4) is 5.69 Å². The van der Waals surface area contributed by atoms with E-state index in [1.54, 1.807) is 18.2 Å². The summed E-state index contributed by atoms with van der Waals surface area (Å²) in [5.74, 6) is -1.17. The zero-order valence-electron chi connectivity index (χ0n) is 10.2. The molecule has 1 aromatic heterocycles. The Balaban J connectivity index is 2.59. The van der Waals surface area contributed by atoms with Gasteiger partial charge in [0, 0.05) is 7.11 Å². The summed E-state index contributed by atoms with van der Waals surface area (Å²) in [6.45, 7) is 0.0374. The van der Waals surface area contributed by atoms with Crippen molar-refractivity contribution in [2.45, 2.75) is 6.61 Å². The third-order valence-electron chi connectivity index (χ3n) is 2.54. The Morgan fingerprint density at radius 1 is 1.35 bits per heavy atom. The maximum Gasteiger partial charge on any atom is 0.340 e. The van der Waals surface area contributed by atoms with Crippen molar-refractivity contribution in [1.29, 1.82) is 0 Å². The van der Waals surface area contributed by atoms with Gasteiger partial charge in [-0.3, -0.25) is 0 Å². The number of nitrogens with zero attached hydrogens (tertiary/aromatic N) is 2. The second kappa shape index (κ2) is 6.01. The lowest BCUT2D eigenvalue weighted by Crippen LogP contribution is -2.01. The molecule has 0 aliphatic carbocycles. The first-order valence-corrected chi connectivity index (χ1v) is 6.54. The molecule has 106 valence electrons. The summed E-state index contributed by atoms with van der Waals surface area (Å²) in [6, 6.07) is 4.76. The van der Waals surface area contributed by atoms with Crippen LogP contribution in [0, 0.1) is 0 Å². The predicted molar refractivity (Wildman–Crippen MR) is 76.3 cm³/mol. The SMILES string of the molecule is COCc1nn(-c2ccc(Cl)c(Cl)c2)c(Cl)c1C(=O)O. The van der Waals surface area contributed by atoms with Crippen molar-refractivity contribution < 1.29 is 14.6 Å². The predicted octanol–water partition coefficient (Wildman–Crippen LogP) is 3.68. The van der Waals surface area contributed by atoms with Crippen LogP contribution in [0.2, 0.25) is 15.2 Å². The number of aromatic carboxylic acids is 1. The van der Waals surface area contributed by atoms with E-state index in [4.69, 9.17) is 39.5 Å². The van der Waals surface area contributed by atoms with Crippen LogP contribution in [0.15, 0.2) is 18.2 Å². The second-order valence-electron chi connectivity index (χ2n) is 3.86. The van der Waals surface area contributed by atoms with E-state index in [0.29, 0.717) is 15.7 Å². The fourth-order valence-corrected chi connectivity index (χ4v) is 2.29. The quantitative estimate of drug-likeness (QED) is 0.925. The highest BCUT2D eigenvalue weighted by Gasteiger charge is 2.23. The molecule has 20 heavy (non-hydrogen) atoms. The molecule has 0 aliphatic rings. The van der Waals surface area contributed by atoms with E-state index < -0.39 is 5.97 Å². The van der Waals surface area contributed by atoms with Gasteiger partial charge in [0.2, 0.25) is 0 Å². The molecule has 0 bridgehead atoms. The molecule has 5 nitrogen and oxygen atoms in total. The number of methoxy groups -OCH3 is 1. The Kier molecular flexibility index (Phi) is 4.55. The molecule has 0 saturated carbocycles. The van der Waals surface area contributed by atoms with Gasteiger partial charge in [-0.25, -0.2) is 9.48 Å². The Labute approximate surface area is 129 Å². The third kappa shape index (κ3) is 2.76. The molecule has 0 fully saturated rings. The first kappa shape index (κ1) is 15.1. The zero-order valence-corrected chi connectivity index (χ0v) is 12.5. The van der Waals surface area contributed by atoms with Crippen LogP contribution in [0.25, 0.3) is 5.69 Å². The lowest BCUT2D eigenvalue weighted by molar-refractivity contribution is 0.0692. The van der Waals surface area contributed by atoms with Crippen molar-refractivity contribution in [3.63, 3.8) is 0 Å². The number of hydrogen-bond acceptors (Lipinski definition) is 3. The number of carbonyl (C=O) groups is 1. The largest absolute Gasteiger partial charge is 0.478 e. The molecule has 0 unspecified atom stereocenters. The number of halogens is 3. The fourth-order valence-electron chi connectivity index (χ4n) is 1.68. The van der Waals surface area contributed by atoms with E-state index >= 15 is 0 Å². The van der Waals surface area contributed by atoms with E-state index in [9.17, 15) is 9.90 Å². The Morgan fingerprint density at radius 3 is 2.60 bits per heavy atom. The molecule has 0 atom stereocenters. The Morgan fingerprint density at radius 2 is 2.05 bits per heavy atom. The molecular formula is C12H9Cl3N2O3. The minimum Gasteiger partial charge on any atom is -0.478 e. The molecule has 1 heterocycles. The summed E-state index contributed by atoms with van der Waals surface area (Å²) in [7, 11) is 1.44. The lowest BCUT2D eigenvalue weighted by atomic mass is 10.2. The minimum absolute atomic E-state index is 0.0251. The molecule has 0 amide bonds. The van der Waals surface area contributed by atoms with Gasteiger partial charge >= 0.3 is 5.97 Å². The highest BCUT2D eigenvalue weighted by atomic mass is 35.5. The summed E-state index contributed by atoms with van der Waals surface area (Å²) in [6.07, 6.45) is 0. The molecule has 8 heteroatoms. The third-order valence-corrected chi connectivity index (χ3v) is 3.63. The van der Waals surface area contributed by atoms with Gasteiger partial charge in [0.15, 0.2) is 0 Å². The normalized spacial score (nSPS) is 10.8. The number of carboxylic acid groups (broad SMARTS) is 1. The summed E-state index contributed by atoms with van der Waals surface area (Å²) in [4.78, 5) is 11.2. The van der Waals surface area contributed by atoms with Crippen LogP contribution in [-0.4, -0.2) is 28.0 Å². The zero-order chi connectivity index (χ0) is 14.9. The standard InChI is InChI=1S/C12H9Cl3N2O3/c1-20-5-9-10(12(18)19)11(15)17(16-9)6-2-3-7(13)8(14)4-6/h2-4H,5H2,1H3,(H,18,19). The van der Waals surface area contributed by atoms with Crippen LogP contribution in [0.4, 0.5) is 0 Å². The van der Waals surface area contributed by atoms with Crippen LogP contribution in [0.1, 0.15) is 16.1 Å². The van der Waals surface area contributed by atoms with Crippen molar-refractivity contribution in [2.24, 2.45) is 0 Å². The monoisotopic (exact) mass is 334 g/mol. The molecule has 1 aromatic carbocycles. The van der Waals surface area contributed by atoms with Crippen LogP contribution >= 0.6 is 34.8 Å². The van der Waals surface area contributed by atoms with E-state index in [0.717, 1.165) is 0 Å². The van der Waals surface area contributed by atoms with Gasteiger partial charge in [0.25, 0.3) is 0 Å². The smallest absolute Gasteiger partial charge is 0.340 e. The van der Waals surface area contributed by atoms with Gasteiger partial charge in [-0.05, 0) is 18.2 Å². The average Bonchev–Trinajstić information content (AvgIpc) is 2.70. The van der Waals surface area contributed by atoms with Gasteiger partial charge in [0.05, 0.1) is 22.3 Å². The van der Waals surface area contributed by atoms with Crippen LogP contribution < -0.4 is 0 Å². The summed E-state index contributed by atoms with van der Waals surface area (Å²) >= 11 is 17.8. The average molecular weight is 336 g/mol. The van der Waals surface area contributed by atoms with E-state index in [1.807, 2.05) is 0 Å². The summed E-state index contributed by atoms with van der Waals surface area (Å²) in [5, 5.41) is 14.0. The molecule has 0 aliphatic heterocycles. The highest BCUT2D eigenvalue weighted by molar-refractivity contribution is 6.42. The van der Waals surface area contributed by atoms with Crippen molar-refractivity contribution in [1.82, 2.24) is 9.78 Å². The van der Waals surface area contributed by atoms with E-state index in [2.05, 4.69) is 5.10 Å². The van der Waals surface area contributed by atoms with Gasteiger partial charge in [-0.15, -0.1) is 0 Å². The van der Waals surface area contributed by atoms with E-state index in [-0.39, 0.29) is 23.0 Å². The van der Waals surface area contributed by atoms with Crippen molar-refractivity contribution >= 4 is 40.8 Å². The Bertz CT molecular complexity index is 670. The lowest BCUT2D eigenvalue weighted by Gasteiger charge is -2.04. The van der Waals surface area contributed by atoms with Crippen LogP contribution in [0.3, 0.4) is 0 Å². The number of aromatic nitrogens is 2. The number of benzene rings is 1. The molecular weight excluding hydrogens is 327 g/mol. The highest BCUT2D eigenvalue weighted by Crippen LogP contribution is 2.28. The minimum atomic E-state index is -1.17. The number of carboxylic acids is 1. The first-order valence-electron chi connectivity index (χ1n) is 5.40. The van der Waals surface area contributed by atoms with Gasteiger partial charge in [0.1, 0.15) is 16.4 Å². The van der Waals surface area contributed by atoms with Crippen LogP contribution in [-0.2, 0) is 11.3 Å². The first-order chi connectivity index (χ1) is 9.45. The second-order valence-corrected chi connectivity index (χ2v) is 5.03. The van der Waals surface area contributed by atoms with Crippen LogP contribution in [0.5, 0.6) is 0 Å². The van der Waals surface area contributed by atoms with Gasteiger partial charge in [-0.1, -0.05) is 34.8 Å². The number of hydrogen-bond donors (Lipinski definition) is 1. The Hall–Kier alpha value is -1.27. The molecule has 2 aromatic rings. The summed E-state index contributed by atoms with van der Waals surface area (Å²) in [5.41, 5.74) is 0.643. The fraction of sp³-hybridized carbons (Fsp3) is 0.167. The van der Waals surface area contributed by atoms with Crippen molar-refractivity contribution in [2.75, 3.05) is 7.11 Å². The molecule has 0 radical (unpaired) electrons. The number of rotatable bonds is 4. The molecule has 0 saturated heterocycles. The molecule has 0 spiro atoms. The molecule has 1 N–H and O–H groups in total. The number of ether oxygens (including phenoxy) is 1.